The lowest BCUT2D eigenvalue weighted by atomic mass is 9.96. The molecule has 6 rings (SSSR count). The molecule has 0 spiro atoms. The monoisotopic (exact) mass is 630 g/mol. The topological polar surface area (TPSA) is 106 Å². The van der Waals surface area contributed by atoms with Crippen molar-refractivity contribution >= 4 is 61.4 Å². The van der Waals surface area contributed by atoms with Gasteiger partial charge in [0.15, 0.2) is 22.4 Å². The maximum Gasteiger partial charge on any atom is 0.301 e. The van der Waals surface area contributed by atoms with E-state index in [2.05, 4.69) is 16.9 Å². The Morgan fingerprint density at radius 1 is 1.02 bits per heavy atom. The second kappa shape index (κ2) is 12.3. The van der Waals surface area contributed by atoms with Crippen LogP contribution >= 0.6 is 22.9 Å². The van der Waals surface area contributed by atoms with E-state index in [-0.39, 0.29) is 11.3 Å². The number of anilines is 1. The fourth-order valence-corrected chi connectivity index (χ4v) is 6.75. The summed E-state index contributed by atoms with van der Waals surface area (Å²) in [6.07, 6.45) is 4.78. The van der Waals surface area contributed by atoms with Gasteiger partial charge in [-0.3, -0.25) is 18.9 Å². The summed E-state index contributed by atoms with van der Waals surface area (Å²) >= 11 is 7.48. The molecule has 1 unspecified atom stereocenters. The molecule has 0 saturated carbocycles. The molecule has 1 atom stereocenters. The Kier molecular flexibility index (Phi) is 8.29. The Labute approximate surface area is 263 Å². The lowest BCUT2D eigenvalue weighted by Crippen LogP contribution is -2.29. The van der Waals surface area contributed by atoms with Gasteiger partial charge in [-0.2, -0.15) is 0 Å². The van der Waals surface area contributed by atoms with E-state index in [1.807, 2.05) is 13.0 Å². The molecule has 5 aromatic rings. The van der Waals surface area contributed by atoms with Gasteiger partial charge in [-0.1, -0.05) is 54.8 Å². The van der Waals surface area contributed by atoms with E-state index in [9.17, 15) is 14.7 Å². The number of aliphatic hydroxyl groups is 1. The van der Waals surface area contributed by atoms with Crippen LogP contribution in [0.25, 0.3) is 21.6 Å². The lowest BCUT2D eigenvalue weighted by molar-refractivity contribution is -0.132. The van der Waals surface area contributed by atoms with Crippen molar-refractivity contribution in [3.63, 3.8) is 0 Å². The van der Waals surface area contributed by atoms with Crippen LogP contribution in [0.3, 0.4) is 0 Å². The minimum atomic E-state index is -1.01. The summed E-state index contributed by atoms with van der Waals surface area (Å²) in [5.41, 5.74) is 2.57. The van der Waals surface area contributed by atoms with Crippen LogP contribution in [0.15, 0.2) is 66.4 Å². The van der Waals surface area contributed by atoms with Crippen LogP contribution in [0, 0.1) is 6.92 Å². The zero-order valence-corrected chi connectivity index (χ0v) is 26.1. The summed E-state index contributed by atoms with van der Waals surface area (Å²) < 4.78 is 14.5. The first-order valence-corrected chi connectivity index (χ1v) is 15.7. The summed E-state index contributed by atoms with van der Waals surface area (Å²) in [4.78, 5) is 38.3. The number of rotatable bonds is 10. The van der Waals surface area contributed by atoms with Crippen LogP contribution in [0.1, 0.15) is 56.1 Å². The number of carbonyl (C=O) groups is 2. The number of benzene rings is 2. The van der Waals surface area contributed by atoms with E-state index < -0.39 is 17.7 Å². The second-order valence-electron chi connectivity index (χ2n) is 10.4. The number of imidazole rings is 1. The standard InChI is InChI=1S/C33H31ClN4O5S/c1-4-6-9-16-43-23-14-11-20(17-24(23)42-5-2)29-27(30(39)28-19(3)35-26-10-7-8-15-37(26)28)31(40)32(41)38(29)33-36-22-13-12-21(34)18-25(22)44-33/h7-8,10-15,17-18,29,39H,4-6,9,16H2,1-3H3. The molecule has 0 radical (unpaired) electrons. The first-order chi connectivity index (χ1) is 21.3. The molecule has 2 aromatic carbocycles. The van der Waals surface area contributed by atoms with Crippen LogP contribution in [0.2, 0.25) is 5.02 Å². The van der Waals surface area contributed by atoms with Crippen molar-refractivity contribution in [1.82, 2.24) is 14.4 Å². The molecule has 44 heavy (non-hydrogen) atoms. The minimum Gasteiger partial charge on any atom is -0.505 e. The normalized spacial score (nSPS) is 16.4. The van der Waals surface area contributed by atoms with Crippen LogP contribution in [-0.2, 0) is 9.59 Å². The summed E-state index contributed by atoms with van der Waals surface area (Å²) in [6.45, 7) is 6.68. The predicted molar refractivity (Wildman–Crippen MR) is 172 cm³/mol. The molecule has 1 amide bonds. The number of aliphatic hydroxyl groups excluding tert-OH is 1. The number of aromatic nitrogens is 3. The number of nitrogens with zero attached hydrogens (tertiary/aromatic N) is 4. The van der Waals surface area contributed by atoms with Crippen molar-refractivity contribution in [2.45, 2.75) is 46.1 Å². The number of aryl methyl sites for hydroxylation is 1. The highest BCUT2D eigenvalue weighted by Crippen LogP contribution is 2.46. The molecule has 1 aliphatic heterocycles. The molecule has 1 saturated heterocycles. The molecular formula is C33H31ClN4O5S. The van der Waals surface area contributed by atoms with E-state index >= 15 is 0 Å². The van der Waals surface area contributed by atoms with Gasteiger partial charge in [0, 0.05) is 11.2 Å². The molecule has 226 valence electrons. The third-order valence-electron chi connectivity index (χ3n) is 7.51. The molecule has 3 aromatic heterocycles. The Bertz CT molecular complexity index is 1930. The highest BCUT2D eigenvalue weighted by atomic mass is 35.5. The third-order valence-corrected chi connectivity index (χ3v) is 8.76. The van der Waals surface area contributed by atoms with Crippen LogP contribution in [0.5, 0.6) is 11.5 Å². The summed E-state index contributed by atoms with van der Waals surface area (Å²) in [6, 6.07) is 15.0. The Balaban J connectivity index is 1.54. The molecule has 1 aliphatic rings. The largest absolute Gasteiger partial charge is 0.505 e. The van der Waals surface area contributed by atoms with E-state index in [1.165, 1.54) is 16.2 Å². The molecule has 4 heterocycles. The number of unbranched alkanes of at least 4 members (excludes halogenated alkanes) is 2. The fraction of sp³-hybridized carbons (Fsp3) is 0.273. The van der Waals surface area contributed by atoms with Gasteiger partial charge in [-0.05, 0) is 68.3 Å². The fourth-order valence-electron chi connectivity index (χ4n) is 5.48. The maximum atomic E-state index is 13.9. The van der Waals surface area contributed by atoms with Gasteiger partial charge in [0.2, 0.25) is 0 Å². The number of amides is 1. The van der Waals surface area contributed by atoms with Crippen molar-refractivity contribution in [2.24, 2.45) is 0 Å². The van der Waals surface area contributed by atoms with Gasteiger partial charge < -0.3 is 14.6 Å². The number of thiazole rings is 1. The zero-order chi connectivity index (χ0) is 31.0. The average molecular weight is 631 g/mol. The maximum absolute atomic E-state index is 13.9. The van der Waals surface area contributed by atoms with Gasteiger partial charge in [0.1, 0.15) is 11.3 Å². The minimum absolute atomic E-state index is 0.0693. The van der Waals surface area contributed by atoms with E-state index in [4.69, 9.17) is 21.1 Å². The van der Waals surface area contributed by atoms with Gasteiger partial charge in [-0.25, -0.2) is 9.97 Å². The highest BCUT2D eigenvalue weighted by Gasteiger charge is 2.49. The van der Waals surface area contributed by atoms with E-state index in [0.29, 0.717) is 63.0 Å². The van der Waals surface area contributed by atoms with Crippen molar-refractivity contribution in [3.05, 3.63) is 88.3 Å². The quantitative estimate of drug-likeness (QED) is 0.0737. The molecule has 9 nitrogen and oxygen atoms in total. The van der Waals surface area contributed by atoms with Crippen molar-refractivity contribution in [1.29, 1.82) is 0 Å². The third kappa shape index (κ3) is 5.28. The van der Waals surface area contributed by atoms with Gasteiger partial charge in [-0.15, -0.1) is 0 Å². The van der Waals surface area contributed by atoms with Gasteiger partial charge >= 0.3 is 5.91 Å². The molecule has 0 aliphatic carbocycles. The first-order valence-electron chi connectivity index (χ1n) is 14.5. The number of ether oxygens (including phenoxy) is 2. The van der Waals surface area contributed by atoms with Crippen LogP contribution in [0.4, 0.5) is 5.13 Å². The SMILES string of the molecule is CCCCCOc1ccc(C2C(=C(O)c3c(C)nc4ccccn34)C(=O)C(=O)N2c2nc3ccc(Cl)cc3s2)cc1OCC. The highest BCUT2D eigenvalue weighted by molar-refractivity contribution is 7.22. The zero-order valence-electron chi connectivity index (χ0n) is 24.5. The smallest absolute Gasteiger partial charge is 0.301 e. The van der Waals surface area contributed by atoms with E-state index in [0.717, 1.165) is 24.0 Å². The predicted octanol–water partition coefficient (Wildman–Crippen LogP) is 7.50. The molecule has 1 fully saturated rings. The number of Topliss-reactive ketones (excluding diaryl/α,β-unsaturated/α-hetero) is 1. The Morgan fingerprint density at radius 2 is 1.86 bits per heavy atom. The molecule has 0 bridgehead atoms. The van der Waals surface area contributed by atoms with Crippen LogP contribution < -0.4 is 14.4 Å². The summed E-state index contributed by atoms with van der Waals surface area (Å²) in [5.74, 6) is -0.905. The number of ketones is 1. The van der Waals surface area contributed by atoms with Gasteiger partial charge in [0.05, 0.1) is 40.7 Å². The number of fused-ring (bicyclic) bond motifs is 2. The van der Waals surface area contributed by atoms with Crippen molar-refractivity contribution in [2.75, 3.05) is 18.1 Å². The number of pyridine rings is 1. The summed E-state index contributed by atoms with van der Waals surface area (Å²) in [5, 5.41) is 12.7. The summed E-state index contributed by atoms with van der Waals surface area (Å²) in [7, 11) is 0. The molecule has 11 heteroatoms. The van der Waals surface area contributed by atoms with E-state index in [1.54, 1.807) is 66.1 Å². The van der Waals surface area contributed by atoms with Crippen LogP contribution in [-0.4, -0.2) is 44.4 Å². The molecule has 1 N–H and O–H groups in total. The van der Waals surface area contributed by atoms with Gasteiger partial charge in [0.25, 0.3) is 5.78 Å². The average Bonchev–Trinajstić information content (AvgIpc) is 3.66. The number of hydrogen-bond donors (Lipinski definition) is 1. The van der Waals surface area contributed by atoms with Crippen molar-refractivity contribution < 1.29 is 24.2 Å². The second-order valence-corrected chi connectivity index (χ2v) is 11.9. The first kappa shape index (κ1) is 29.7. The number of halogens is 1. The lowest BCUT2D eigenvalue weighted by Gasteiger charge is -2.24. The number of carbonyl (C=O) groups excluding carboxylic acids is 2. The number of hydrogen-bond acceptors (Lipinski definition) is 8. The Hall–Kier alpha value is -4.41. The van der Waals surface area contributed by atoms with Crippen molar-refractivity contribution in [3.8, 4) is 11.5 Å². The molecular weight excluding hydrogens is 600 g/mol. The Morgan fingerprint density at radius 3 is 2.66 bits per heavy atom.